The second-order valence-corrected chi connectivity index (χ2v) is 1.21. The highest BCUT2D eigenvalue weighted by atomic mass is 16.3. The Kier molecular flexibility index (Phi) is 0.497. The molecule has 1 heterocycles. The van der Waals surface area contributed by atoms with E-state index in [2.05, 4.69) is 4.98 Å². The first-order valence-electron chi connectivity index (χ1n) is 3.46. The summed E-state index contributed by atoms with van der Waals surface area (Å²) in [5, 5.41) is 8.95. The van der Waals surface area contributed by atoms with Crippen LogP contribution in [0.15, 0.2) is 18.3 Å². The van der Waals surface area contributed by atoms with Crippen molar-refractivity contribution in [2.45, 2.75) is 0 Å². The van der Waals surface area contributed by atoms with E-state index in [9.17, 15) is 0 Å². The van der Waals surface area contributed by atoms with E-state index in [-0.39, 0.29) is 5.82 Å². The van der Waals surface area contributed by atoms with E-state index < -0.39 is 24.0 Å². The minimum absolute atomic E-state index is 0.233. The molecule has 0 amide bonds. The summed E-state index contributed by atoms with van der Waals surface area (Å²) in [4.78, 5) is 3.34. The third kappa shape index (κ3) is 0.872. The van der Waals surface area contributed by atoms with Gasteiger partial charge in [0, 0.05) is 12.2 Å². The zero-order chi connectivity index (χ0) is 8.59. The molecule has 0 saturated heterocycles. The predicted molar refractivity (Wildman–Crippen MR) is 30.3 cm³/mol. The van der Waals surface area contributed by atoms with Gasteiger partial charge in [-0.3, -0.25) is 0 Å². The average molecular weight is 113 g/mol. The van der Waals surface area contributed by atoms with Crippen LogP contribution in [0.1, 0.15) is 4.11 Å². The maximum atomic E-state index is 8.95. The van der Waals surface area contributed by atoms with Crippen molar-refractivity contribution < 1.29 is 9.22 Å². The number of nitrogen functional groups attached to an aromatic ring is 1. The molecule has 0 spiro atoms. The smallest absolute Gasteiger partial charge is 0.126 e. The molecule has 0 atom stereocenters. The van der Waals surface area contributed by atoms with Crippen LogP contribution in [-0.4, -0.2) is 10.1 Å². The number of pyridine rings is 1. The number of anilines is 1. The van der Waals surface area contributed by atoms with Crippen molar-refractivity contribution in [2.75, 3.05) is 5.73 Å². The minimum atomic E-state index is -0.595. The summed E-state index contributed by atoms with van der Waals surface area (Å²) in [6, 6.07) is -0.866. The highest BCUT2D eigenvalue weighted by Gasteiger charge is 1.85. The summed E-state index contributed by atoms with van der Waals surface area (Å²) >= 11 is 0. The summed E-state index contributed by atoms with van der Waals surface area (Å²) < 4.78 is 21.0. The second-order valence-electron chi connectivity index (χ2n) is 1.21. The van der Waals surface area contributed by atoms with Gasteiger partial charge in [-0.2, -0.15) is 0 Å². The largest absolute Gasteiger partial charge is 0.508 e. The summed E-state index contributed by atoms with van der Waals surface area (Å²) in [5.74, 6) is -0.828. The van der Waals surface area contributed by atoms with Crippen LogP contribution in [0.25, 0.3) is 0 Å². The van der Waals surface area contributed by atoms with Crippen molar-refractivity contribution in [3.05, 3.63) is 18.3 Å². The topological polar surface area (TPSA) is 59.1 Å². The lowest BCUT2D eigenvalue weighted by Crippen LogP contribution is -1.86. The summed E-state index contributed by atoms with van der Waals surface area (Å²) in [5.41, 5.74) is 5.13. The van der Waals surface area contributed by atoms with Crippen LogP contribution in [0.4, 0.5) is 5.82 Å². The molecule has 0 radical (unpaired) electrons. The molecule has 0 aromatic carbocycles. The lowest BCUT2D eigenvalue weighted by Gasteiger charge is -1.89. The molecule has 3 N–H and O–H groups in total. The second kappa shape index (κ2) is 1.69. The molecule has 3 heteroatoms. The van der Waals surface area contributed by atoms with Gasteiger partial charge in [-0.25, -0.2) is 4.98 Å². The Labute approximate surface area is 51.0 Å². The molecule has 1 aromatic rings. The quantitative estimate of drug-likeness (QED) is 0.511. The van der Waals surface area contributed by atoms with Crippen molar-refractivity contribution in [3.8, 4) is 5.75 Å². The summed E-state index contributed by atoms with van der Waals surface area (Å²) in [6.07, 6.45) is -0.420. The summed E-state index contributed by atoms with van der Waals surface area (Å²) in [6.45, 7) is 0. The van der Waals surface area contributed by atoms with Gasteiger partial charge in [0.2, 0.25) is 0 Å². The number of hydrogen-bond acceptors (Lipinski definition) is 3. The van der Waals surface area contributed by atoms with Gasteiger partial charge in [-0.1, -0.05) is 0 Å². The van der Waals surface area contributed by atoms with Crippen LogP contribution in [-0.2, 0) is 0 Å². The number of hydrogen-bond donors (Lipinski definition) is 2. The molecule has 8 heavy (non-hydrogen) atoms. The Morgan fingerprint density at radius 2 is 2.62 bits per heavy atom. The molecule has 1 rings (SSSR count). The molecule has 0 fully saturated rings. The van der Waals surface area contributed by atoms with Crippen molar-refractivity contribution in [2.24, 2.45) is 0 Å². The highest BCUT2D eigenvalue weighted by Crippen LogP contribution is 2.07. The van der Waals surface area contributed by atoms with Gasteiger partial charge in [-0.15, -0.1) is 0 Å². The zero-order valence-corrected chi connectivity index (χ0v) is 3.97. The van der Waals surface area contributed by atoms with Crippen molar-refractivity contribution >= 4 is 5.82 Å². The van der Waals surface area contributed by atoms with Crippen molar-refractivity contribution in [1.82, 2.24) is 4.98 Å². The van der Waals surface area contributed by atoms with Crippen LogP contribution >= 0.6 is 0 Å². The van der Waals surface area contributed by atoms with Crippen LogP contribution in [0.2, 0.25) is 0 Å². The van der Waals surface area contributed by atoms with Gasteiger partial charge in [0.05, 0.1) is 4.11 Å². The van der Waals surface area contributed by atoms with Crippen LogP contribution in [0.5, 0.6) is 5.75 Å². The van der Waals surface area contributed by atoms with Gasteiger partial charge in [0.15, 0.2) is 0 Å². The van der Waals surface area contributed by atoms with E-state index in [1.54, 1.807) is 0 Å². The van der Waals surface area contributed by atoms with E-state index >= 15 is 0 Å². The number of nitrogens with zero attached hydrogens (tertiary/aromatic N) is 1. The van der Waals surface area contributed by atoms with E-state index in [1.165, 1.54) is 0 Å². The Balaban J connectivity index is 3.46. The van der Waals surface area contributed by atoms with E-state index in [0.29, 0.717) is 0 Å². The molecular weight excluding hydrogens is 104 g/mol. The molecule has 0 aliphatic rings. The molecule has 1 aromatic heterocycles. The summed E-state index contributed by atoms with van der Waals surface area (Å²) in [7, 11) is 0. The number of aromatic hydroxyl groups is 1. The monoisotopic (exact) mass is 113 g/mol. The predicted octanol–water partition coefficient (Wildman–Crippen LogP) is 0.369. The van der Waals surface area contributed by atoms with Gasteiger partial charge in [0.1, 0.15) is 11.6 Å². The van der Waals surface area contributed by atoms with Crippen LogP contribution < -0.4 is 5.73 Å². The third-order valence-electron chi connectivity index (χ3n) is 0.597. The molecule has 0 unspecified atom stereocenters. The minimum Gasteiger partial charge on any atom is -0.508 e. The highest BCUT2D eigenvalue weighted by molar-refractivity contribution is 5.34. The fraction of sp³-hybridized carbons (Fsp3) is 0. The first-order valence-corrected chi connectivity index (χ1v) is 1.96. The Bertz CT molecular complexity index is 276. The number of rotatable bonds is 0. The number of aromatic nitrogens is 1. The van der Waals surface area contributed by atoms with Gasteiger partial charge in [-0.05, 0) is 6.04 Å². The lowest BCUT2D eigenvalue weighted by atomic mass is 10.4. The van der Waals surface area contributed by atoms with Gasteiger partial charge >= 0.3 is 0 Å². The van der Waals surface area contributed by atoms with E-state index in [1.807, 2.05) is 0 Å². The molecule has 0 bridgehead atoms. The molecule has 42 valence electrons. The maximum absolute atomic E-state index is 8.95. The average Bonchev–Trinajstić information content (AvgIpc) is 1.97. The zero-order valence-electron chi connectivity index (χ0n) is 6.97. The molecule has 3 nitrogen and oxygen atoms in total. The lowest BCUT2D eigenvalue weighted by molar-refractivity contribution is 0.475. The Morgan fingerprint density at radius 1 is 1.88 bits per heavy atom. The Morgan fingerprint density at radius 3 is 3.38 bits per heavy atom. The SMILES string of the molecule is [2H]c1nc(N)c([2H])c(O)c1[2H]. The fourth-order valence-corrected chi connectivity index (χ4v) is 0.322. The maximum Gasteiger partial charge on any atom is 0.126 e. The van der Waals surface area contributed by atoms with Crippen molar-refractivity contribution in [3.63, 3.8) is 0 Å². The van der Waals surface area contributed by atoms with E-state index in [0.717, 1.165) is 0 Å². The fourth-order valence-electron chi connectivity index (χ4n) is 0.322. The van der Waals surface area contributed by atoms with Crippen LogP contribution in [0.3, 0.4) is 0 Å². The molecule has 0 aliphatic heterocycles. The van der Waals surface area contributed by atoms with Gasteiger partial charge < -0.3 is 10.8 Å². The van der Waals surface area contributed by atoms with E-state index in [4.69, 9.17) is 15.0 Å². The molecule has 0 aliphatic carbocycles. The molecule has 0 saturated carbocycles. The molecular formula is C5H6N2O. The van der Waals surface area contributed by atoms with Gasteiger partial charge in [0.25, 0.3) is 0 Å². The van der Waals surface area contributed by atoms with Crippen molar-refractivity contribution in [1.29, 1.82) is 0 Å². The Hall–Kier alpha value is -1.25. The first kappa shape index (κ1) is 2.35. The number of nitrogens with two attached hydrogens (primary N) is 1. The third-order valence-corrected chi connectivity index (χ3v) is 0.597. The first-order chi connectivity index (χ1) is 5.04. The normalized spacial score (nSPS) is 14.2. The van der Waals surface area contributed by atoms with Crippen LogP contribution in [0, 0.1) is 0 Å². The standard InChI is InChI=1S/C5H6N2O/c6-5-3-4(8)1-2-7-5/h1-3H,(H3,6,7,8)/i1D,2D,3D.